The summed E-state index contributed by atoms with van der Waals surface area (Å²) in [6.07, 6.45) is 20.2. The van der Waals surface area contributed by atoms with E-state index in [4.69, 9.17) is 17.3 Å². The summed E-state index contributed by atoms with van der Waals surface area (Å²) in [5, 5.41) is 13.6. The minimum Gasteiger partial charge on any atom is -1.00 e. The summed E-state index contributed by atoms with van der Waals surface area (Å²) in [7, 11) is 0. The molecule has 0 amide bonds. The van der Waals surface area contributed by atoms with Crippen molar-refractivity contribution in [3.05, 3.63) is 15.2 Å². The number of hydrogen-bond acceptors (Lipinski definition) is 3. The predicted octanol–water partition coefficient (Wildman–Crippen LogP) is 5.54. The lowest BCUT2D eigenvalue weighted by Gasteiger charge is -2.15. The van der Waals surface area contributed by atoms with E-state index in [1.54, 1.807) is 0 Å². The van der Waals surface area contributed by atoms with Gasteiger partial charge < -0.3 is 22.3 Å². The maximum Gasteiger partial charge on any atom is 0.290 e. The first kappa shape index (κ1) is 32.5. The molecule has 0 bridgehead atoms. The van der Waals surface area contributed by atoms with Gasteiger partial charge in [0, 0.05) is 6.54 Å². The third-order valence-corrected chi connectivity index (χ3v) is 7.30. The molecule has 0 atom stereocenters. The highest BCUT2D eigenvalue weighted by Crippen LogP contribution is 2.33. The van der Waals surface area contributed by atoms with Gasteiger partial charge in [0.25, 0.3) is 5.82 Å². The van der Waals surface area contributed by atoms with Crippen LogP contribution in [-0.4, -0.2) is 6.54 Å². The maximum atomic E-state index is 9.75. The Hall–Kier alpha value is -0.510. The molecular formula is C26H45Br2ClN4. The number of nitrogens with zero attached hydrogens (tertiary/aromatic N) is 2. The summed E-state index contributed by atoms with van der Waals surface area (Å²) in [6.45, 7) is 6.06. The smallest absolute Gasteiger partial charge is 0.290 e. The van der Waals surface area contributed by atoms with E-state index in [2.05, 4.69) is 41.2 Å². The molecule has 0 saturated carbocycles. The number of nitrogens with two attached hydrogens (primary N) is 1. The van der Waals surface area contributed by atoms with Crippen molar-refractivity contribution in [1.29, 1.82) is 5.26 Å². The molecule has 0 aliphatic heterocycles. The first-order chi connectivity index (χ1) is 15.6. The fourth-order valence-corrected chi connectivity index (χ4v) is 4.93. The van der Waals surface area contributed by atoms with Gasteiger partial charge in [-0.15, -0.1) is 0 Å². The van der Waals surface area contributed by atoms with E-state index < -0.39 is 0 Å². The number of unbranched alkanes of at least 4 members (excludes halogenated alkanes) is 14. The van der Waals surface area contributed by atoms with Crippen molar-refractivity contribution in [2.24, 2.45) is 0 Å². The number of aromatic nitrogens is 1. The Kier molecular flexibility index (Phi) is 20.5. The minimum absolute atomic E-state index is 0. The number of hydrogen-bond donors (Lipinski definition) is 2. The predicted molar refractivity (Wildman–Crippen MR) is 142 cm³/mol. The van der Waals surface area contributed by atoms with Crippen LogP contribution in [0.15, 0.2) is 4.47 Å². The lowest BCUT2D eigenvalue weighted by atomic mass is 10.1. The van der Waals surface area contributed by atoms with Crippen molar-refractivity contribution in [2.45, 2.75) is 123 Å². The molecule has 7 heteroatoms. The van der Waals surface area contributed by atoms with E-state index in [-0.39, 0.29) is 17.0 Å². The van der Waals surface area contributed by atoms with Gasteiger partial charge in [0.15, 0.2) is 0 Å². The van der Waals surface area contributed by atoms with Crippen molar-refractivity contribution in [3.8, 4) is 6.07 Å². The Morgan fingerprint density at radius 1 is 0.848 bits per heavy atom. The van der Waals surface area contributed by atoms with E-state index in [0.29, 0.717) is 16.5 Å². The molecule has 0 spiro atoms. The molecule has 190 valence electrons. The zero-order chi connectivity index (χ0) is 23.6. The molecule has 1 heterocycles. The van der Waals surface area contributed by atoms with Crippen LogP contribution in [0, 0.1) is 11.3 Å². The van der Waals surface area contributed by atoms with E-state index >= 15 is 0 Å². The topological polar surface area (TPSA) is 65.7 Å². The second-order valence-corrected chi connectivity index (χ2v) is 10.0. The molecule has 4 nitrogen and oxygen atoms in total. The van der Waals surface area contributed by atoms with Crippen molar-refractivity contribution in [3.63, 3.8) is 0 Å². The van der Waals surface area contributed by atoms with Crippen LogP contribution < -0.4 is 32.6 Å². The lowest BCUT2D eigenvalue weighted by Crippen LogP contribution is -3.00. The van der Waals surface area contributed by atoms with Crippen LogP contribution in [-0.2, 0) is 6.54 Å². The summed E-state index contributed by atoms with van der Waals surface area (Å²) in [5.74, 6) is 0.593. The lowest BCUT2D eigenvalue weighted by molar-refractivity contribution is -0.681. The summed E-state index contributed by atoms with van der Waals surface area (Å²) in [6, 6.07) is 2.28. The Balaban J connectivity index is 0.0000102. The Morgan fingerprint density at radius 3 is 1.79 bits per heavy atom. The fraction of sp³-hybridized carbons (Fsp3) is 0.769. The van der Waals surface area contributed by atoms with E-state index in [9.17, 15) is 5.26 Å². The number of nitrogen functional groups attached to an aromatic ring is 1. The Labute approximate surface area is 226 Å². The second kappa shape index (κ2) is 20.8. The van der Waals surface area contributed by atoms with Crippen LogP contribution in [0.3, 0.4) is 0 Å². The molecule has 3 N–H and O–H groups in total. The molecule has 0 unspecified atom stereocenters. The average Bonchev–Trinajstić information content (AvgIpc) is 2.79. The van der Waals surface area contributed by atoms with Gasteiger partial charge in [-0.2, -0.15) is 5.26 Å². The molecule has 0 radical (unpaired) electrons. The number of rotatable bonds is 19. The van der Waals surface area contributed by atoms with Crippen LogP contribution in [0.4, 0.5) is 11.5 Å². The molecule has 0 aliphatic rings. The van der Waals surface area contributed by atoms with Crippen LogP contribution in [0.2, 0.25) is 5.15 Å². The van der Waals surface area contributed by atoms with E-state index in [1.165, 1.54) is 83.5 Å². The number of anilines is 2. The van der Waals surface area contributed by atoms with Crippen molar-refractivity contribution in [2.75, 3.05) is 17.6 Å². The molecule has 0 aromatic carbocycles. The van der Waals surface area contributed by atoms with Crippen LogP contribution in [0.25, 0.3) is 0 Å². The standard InChI is InChI=1S/C26H44BrClN4.BrH/c1-3-5-7-9-11-13-15-17-19-31-24-22(21-29)25(28)32(26(30)23(24)27)20-18-16-14-12-10-8-6-4-2;/h3-20H2,1-2H3,(H2,30,31);1H. The largest absolute Gasteiger partial charge is 1.00 e. The third-order valence-electron chi connectivity index (χ3n) is 6.11. The fourth-order valence-electron chi connectivity index (χ4n) is 4.06. The zero-order valence-corrected chi connectivity index (χ0v) is 24.8. The molecule has 0 aliphatic carbocycles. The summed E-state index contributed by atoms with van der Waals surface area (Å²) in [4.78, 5) is 0. The summed E-state index contributed by atoms with van der Waals surface area (Å²) in [5.41, 5.74) is 7.60. The van der Waals surface area contributed by atoms with E-state index in [0.717, 1.165) is 42.5 Å². The quantitative estimate of drug-likeness (QED) is 0.123. The van der Waals surface area contributed by atoms with Gasteiger partial charge in [0.1, 0.15) is 16.1 Å². The van der Waals surface area contributed by atoms with Gasteiger partial charge in [0.05, 0.1) is 12.2 Å². The number of nitriles is 1. The van der Waals surface area contributed by atoms with Gasteiger partial charge in [0.2, 0.25) is 5.15 Å². The van der Waals surface area contributed by atoms with Crippen LogP contribution in [0.1, 0.15) is 122 Å². The molecule has 33 heavy (non-hydrogen) atoms. The van der Waals surface area contributed by atoms with Gasteiger partial charge in [-0.1, -0.05) is 97.3 Å². The molecule has 1 aromatic rings. The van der Waals surface area contributed by atoms with Crippen LogP contribution in [0.5, 0.6) is 0 Å². The number of pyridine rings is 1. The highest BCUT2D eigenvalue weighted by atomic mass is 79.9. The molecule has 0 fully saturated rings. The molecule has 1 aromatic heterocycles. The van der Waals surface area contributed by atoms with Gasteiger partial charge in [-0.05, 0) is 46.8 Å². The Morgan fingerprint density at radius 2 is 1.30 bits per heavy atom. The molecular weight excluding hydrogens is 564 g/mol. The number of nitrogens with one attached hydrogen (secondary N) is 1. The maximum absolute atomic E-state index is 9.75. The van der Waals surface area contributed by atoms with Crippen molar-refractivity contribution < 1.29 is 21.5 Å². The van der Waals surface area contributed by atoms with E-state index in [1.807, 2.05) is 4.57 Å². The number of halogens is 3. The minimum atomic E-state index is 0. The first-order valence-corrected chi connectivity index (χ1v) is 14.1. The second-order valence-electron chi connectivity index (χ2n) is 8.88. The molecule has 0 saturated heterocycles. The van der Waals surface area contributed by atoms with Gasteiger partial charge in [-0.3, -0.25) is 5.73 Å². The van der Waals surface area contributed by atoms with Gasteiger partial charge >= 0.3 is 0 Å². The highest BCUT2D eigenvalue weighted by molar-refractivity contribution is 9.10. The van der Waals surface area contributed by atoms with Crippen LogP contribution >= 0.6 is 27.5 Å². The monoisotopic (exact) mass is 606 g/mol. The van der Waals surface area contributed by atoms with Crippen molar-refractivity contribution >= 4 is 39.0 Å². The average molecular weight is 609 g/mol. The zero-order valence-electron chi connectivity index (χ0n) is 20.8. The third kappa shape index (κ3) is 12.7. The summed E-state index contributed by atoms with van der Waals surface area (Å²) >= 11 is 10.2. The normalized spacial score (nSPS) is 10.6. The first-order valence-electron chi connectivity index (χ1n) is 12.9. The molecule has 1 rings (SSSR count). The SMILES string of the molecule is CCCCCCCCCCNc1c(Br)c(N)[n+](CCCCCCCCCC)c(Cl)c1C#N.[Br-]. The highest BCUT2D eigenvalue weighted by Gasteiger charge is 2.24. The van der Waals surface area contributed by atoms with Crippen molar-refractivity contribution in [1.82, 2.24) is 0 Å². The summed E-state index contributed by atoms with van der Waals surface area (Å²) < 4.78 is 2.63. The van der Waals surface area contributed by atoms with Gasteiger partial charge in [-0.25, -0.2) is 4.57 Å². The Bertz CT molecular complexity index is 692.